The topological polar surface area (TPSA) is 35.5 Å². The third kappa shape index (κ3) is 4.05. The molecule has 0 unspecified atom stereocenters. The zero-order valence-electron chi connectivity index (χ0n) is 10.4. The number of carbonyl (C=O) groups is 1. The average molecular weight is 275 g/mol. The number of halogens is 2. The lowest BCUT2D eigenvalue weighted by Crippen LogP contribution is -2.29. The fourth-order valence-corrected chi connectivity index (χ4v) is 1.73. The number of ketones is 1. The van der Waals surface area contributed by atoms with Crippen molar-refractivity contribution in [2.75, 3.05) is 13.2 Å². The Morgan fingerprint density at radius 1 is 1.33 bits per heavy atom. The number of rotatable bonds is 7. The van der Waals surface area contributed by atoms with Gasteiger partial charge >= 0.3 is 0 Å². The van der Waals surface area contributed by atoms with Crippen LogP contribution in [0.5, 0.6) is 0 Å². The average Bonchev–Trinajstić information content (AvgIpc) is 2.33. The van der Waals surface area contributed by atoms with Gasteiger partial charge in [0.1, 0.15) is 5.82 Å². The lowest BCUT2D eigenvalue weighted by molar-refractivity contribution is -0.167. The number of carbonyl (C=O) groups excluding carboxylic acids is 1. The number of benzene rings is 1. The Labute approximate surface area is 111 Å². The summed E-state index contributed by atoms with van der Waals surface area (Å²) in [6.45, 7) is 4.22. The van der Waals surface area contributed by atoms with Crippen molar-refractivity contribution in [3.63, 3.8) is 0 Å². The molecule has 0 radical (unpaired) electrons. The van der Waals surface area contributed by atoms with Crippen molar-refractivity contribution in [2.24, 2.45) is 0 Å². The molecule has 0 aliphatic carbocycles. The predicted octanol–water partition coefficient (Wildman–Crippen LogP) is 2.99. The van der Waals surface area contributed by atoms with E-state index in [1.54, 1.807) is 19.9 Å². The van der Waals surface area contributed by atoms with E-state index in [-0.39, 0.29) is 22.8 Å². The van der Waals surface area contributed by atoms with E-state index in [4.69, 9.17) is 21.1 Å². The summed E-state index contributed by atoms with van der Waals surface area (Å²) in [6, 6.07) is 4.31. The number of hydrogen-bond donors (Lipinski definition) is 0. The molecule has 100 valence electrons. The van der Waals surface area contributed by atoms with Crippen molar-refractivity contribution in [1.82, 2.24) is 0 Å². The summed E-state index contributed by atoms with van der Waals surface area (Å²) < 4.78 is 23.8. The Morgan fingerprint density at radius 3 is 2.44 bits per heavy atom. The second kappa shape index (κ2) is 7.46. The summed E-state index contributed by atoms with van der Waals surface area (Å²) in [6.07, 6.45) is -1.11. The van der Waals surface area contributed by atoms with Crippen molar-refractivity contribution in [1.29, 1.82) is 0 Å². The number of ether oxygens (including phenoxy) is 2. The Balaban J connectivity index is 2.79. The first-order valence-corrected chi connectivity index (χ1v) is 6.16. The molecular formula is C13H16ClFO3. The van der Waals surface area contributed by atoms with Crippen LogP contribution in [-0.4, -0.2) is 25.3 Å². The van der Waals surface area contributed by atoms with Crippen LogP contribution < -0.4 is 0 Å². The van der Waals surface area contributed by atoms with Gasteiger partial charge in [-0.1, -0.05) is 17.7 Å². The molecular weight excluding hydrogens is 259 g/mol. The van der Waals surface area contributed by atoms with Crippen molar-refractivity contribution in [2.45, 2.75) is 26.6 Å². The van der Waals surface area contributed by atoms with Crippen molar-refractivity contribution in [3.05, 3.63) is 34.6 Å². The second-order valence-electron chi connectivity index (χ2n) is 3.59. The van der Waals surface area contributed by atoms with Gasteiger partial charge in [0.25, 0.3) is 0 Å². The van der Waals surface area contributed by atoms with Gasteiger partial charge in [0, 0.05) is 30.2 Å². The minimum absolute atomic E-state index is 0.143. The molecule has 1 aromatic rings. The molecule has 0 saturated carbocycles. The van der Waals surface area contributed by atoms with Crippen molar-refractivity contribution >= 4 is 17.4 Å². The van der Waals surface area contributed by atoms with Crippen LogP contribution in [0, 0.1) is 5.82 Å². The fraction of sp³-hybridized carbons (Fsp3) is 0.462. The smallest absolute Gasteiger partial charge is 0.218 e. The van der Waals surface area contributed by atoms with E-state index >= 15 is 0 Å². The first kappa shape index (κ1) is 15.1. The van der Waals surface area contributed by atoms with Gasteiger partial charge < -0.3 is 9.47 Å². The maximum absolute atomic E-state index is 13.5. The second-order valence-corrected chi connectivity index (χ2v) is 3.99. The predicted molar refractivity (Wildman–Crippen MR) is 67.2 cm³/mol. The highest BCUT2D eigenvalue weighted by Gasteiger charge is 2.21. The quantitative estimate of drug-likeness (QED) is 0.717. The van der Waals surface area contributed by atoms with E-state index in [0.717, 1.165) is 0 Å². The van der Waals surface area contributed by atoms with Crippen LogP contribution in [0.3, 0.4) is 0 Å². The first-order valence-electron chi connectivity index (χ1n) is 5.78. The zero-order valence-corrected chi connectivity index (χ0v) is 11.2. The largest absolute Gasteiger partial charge is 0.346 e. The van der Waals surface area contributed by atoms with E-state index in [9.17, 15) is 9.18 Å². The van der Waals surface area contributed by atoms with Crippen LogP contribution in [0.1, 0.15) is 19.4 Å². The van der Waals surface area contributed by atoms with Crippen LogP contribution in [0.2, 0.25) is 5.02 Å². The third-order valence-electron chi connectivity index (χ3n) is 2.31. The van der Waals surface area contributed by atoms with Gasteiger partial charge in [0.05, 0.1) is 0 Å². The van der Waals surface area contributed by atoms with Gasteiger partial charge in [0.15, 0.2) is 5.78 Å². The lowest BCUT2D eigenvalue weighted by atomic mass is 10.1. The number of hydrogen-bond acceptors (Lipinski definition) is 3. The molecule has 0 N–H and O–H groups in total. The summed E-state index contributed by atoms with van der Waals surface area (Å²) >= 11 is 5.86. The molecule has 0 aromatic heterocycles. The normalized spacial score (nSPS) is 10.9. The van der Waals surface area contributed by atoms with E-state index in [1.807, 2.05) is 0 Å². The Morgan fingerprint density at radius 2 is 1.94 bits per heavy atom. The van der Waals surface area contributed by atoms with Crippen molar-refractivity contribution < 1.29 is 18.7 Å². The summed E-state index contributed by atoms with van der Waals surface area (Å²) in [7, 11) is 0. The van der Waals surface area contributed by atoms with Gasteiger partial charge in [-0.2, -0.15) is 0 Å². The molecule has 18 heavy (non-hydrogen) atoms. The highest BCUT2D eigenvalue weighted by atomic mass is 35.5. The van der Waals surface area contributed by atoms with E-state index in [2.05, 4.69) is 0 Å². The number of Topliss-reactive ketones (excluding diaryl/α,β-unsaturated/α-hetero) is 1. The minimum Gasteiger partial charge on any atom is -0.346 e. The monoisotopic (exact) mass is 274 g/mol. The van der Waals surface area contributed by atoms with Gasteiger partial charge in [-0.05, 0) is 26.0 Å². The minimum atomic E-state index is -0.962. The molecule has 0 bridgehead atoms. The molecule has 1 aromatic carbocycles. The highest BCUT2D eigenvalue weighted by molar-refractivity contribution is 6.31. The summed E-state index contributed by atoms with van der Waals surface area (Å²) in [5.74, 6) is -0.840. The molecule has 0 aliphatic rings. The third-order valence-corrected chi connectivity index (χ3v) is 2.67. The first-order chi connectivity index (χ1) is 8.60. The highest BCUT2D eigenvalue weighted by Crippen LogP contribution is 2.20. The standard InChI is InChI=1S/C13H16ClFO3/c1-3-17-13(18-4-2)12(16)8-9-10(14)6-5-7-11(9)15/h5-7,13H,3-4,8H2,1-2H3. The molecule has 5 heteroatoms. The van der Waals surface area contributed by atoms with Gasteiger partial charge in [-0.15, -0.1) is 0 Å². The molecule has 0 fully saturated rings. The fourth-order valence-electron chi connectivity index (χ4n) is 1.50. The summed E-state index contributed by atoms with van der Waals surface area (Å²) in [5, 5.41) is 0.232. The maximum Gasteiger partial charge on any atom is 0.218 e. The van der Waals surface area contributed by atoms with E-state index in [1.165, 1.54) is 12.1 Å². The maximum atomic E-state index is 13.5. The zero-order chi connectivity index (χ0) is 13.5. The molecule has 0 heterocycles. The van der Waals surface area contributed by atoms with Crippen LogP contribution in [0.4, 0.5) is 4.39 Å². The molecule has 0 spiro atoms. The summed E-state index contributed by atoms with van der Waals surface area (Å²) in [4.78, 5) is 11.9. The molecule has 1 rings (SSSR count). The van der Waals surface area contributed by atoms with Crippen LogP contribution in [0.25, 0.3) is 0 Å². The molecule has 0 amide bonds. The van der Waals surface area contributed by atoms with Gasteiger partial charge in [-0.25, -0.2) is 4.39 Å². The molecule has 3 nitrogen and oxygen atoms in total. The van der Waals surface area contributed by atoms with E-state index < -0.39 is 12.1 Å². The Bertz CT molecular complexity index is 383. The van der Waals surface area contributed by atoms with Crippen LogP contribution in [-0.2, 0) is 20.7 Å². The van der Waals surface area contributed by atoms with Crippen LogP contribution in [0.15, 0.2) is 18.2 Å². The molecule has 0 aliphatic heterocycles. The van der Waals surface area contributed by atoms with Crippen LogP contribution >= 0.6 is 11.6 Å². The molecule has 0 atom stereocenters. The Hall–Kier alpha value is -0.970. The van der Waals surface area contributed by atoms with Gasteiger partial charge in [-0.3, -0.25) is 4.79 Å². The Kier molecular flexibility index (Phi) is 6.25. The summed E-state index contributed by atoms with van der Waals surface area (Å²) in [5.41, 5.74) is 0.175. The van der Waals surface area contributed by atoms with Crippen molar-refractivity contribution in [3.8, 4) is 0 Å². The lowest BCUT2D eigenvalue weighted by Gasteiger charge is -2.16. The SMILES string of the molecule is CCOC(OCC)C(=O)Cc1c(F)cccc1Cl. The van der Waals surface area contributed by atoms with Gasteiger partial charge in [0.2, 0.25) is 6.29 Å². The van der Waals surface area contributed by atoms with E-state index in [0.29, 0.717) is 13.2 Å². The molecule has 0 saturated heterocycles.